The van der Waals surface area contributed by atoms with E-state index in [0.29, 0.717) is 18.6 Å². The molecule has 2 nitrogen and oxygen atoms in total. The average Bonchev–Trinajstić information content (AvgIpc) is 2.38. The van der Waals surface area contributed by atoms with Gasteiger partial charge in [0.15, 0.2) is 5.78 Å². The van der Waals surface area contributed by atoms with Crippen molar-refractivity contribution in [1.82, 2.24) is 0 Å². The van der Waals surface area contributed by atoms with Crippen LogP contribution in [0.15, 0.2) is 11.8 Å². The molecule has 5 heteroatoms. The van der Waals surface area contributed by atoms with Gasteiger partial charge in [-0.2, -0.15) is 0 Å². The summed E-state index contributed by atoms with van der Waals surface area (Å²) in [5.41, 5.74) is 0. The first-order chi connectivity index (χ1) is 9.64. The average molecular weight is 322 g/mol. The Morgan fingerprint density at radius 1 is 1.33 bits per heavy atom. The van der Waals surface area contributed by atoms with Gasteiger partial charge in [0.2, 0.25) is 0 Å². The minimum Gasteiger partial charge on any atom is -0.501 e. The maximum absolute atomic E-state index is 13.8. The SMILES string of the molecule is CCC(CC(C)F)C(=O)/C=C(\OC)C(CC)CC(C)(F)P. The molecule has 0 heterocycles. The molecular formula is C16H29F2O2P. The first-order valence-corrected chi connectivity index (χ1v) is 8.13. The van der Waals surface area contributed by atoms with E-state index >= 15 is 0 Å². The molecular weight excluding hydrogens is 293 g/mol. The largest absolute Gasteiger partial charge is 0.501 e. The van der Waals surface area contributed by atoms with E-state index in [1.807, 2.05) is 13.8 Å². The van der Waals surface area contributed by atoms with Gasteiger partial charge in [-0.05, 0) is 39.5 Å². The molecule has 0 amide bonds. The van der Waals surface area contributed by atoms with Crippen molar-refractivity contribution >= 4 is 15.0 Å². The van der Waals surface area contributed by atoms with Crippen LogP contribution in [0.5, 0.6) is 0 Å². The molecule has 0 aliphatic heterocycles. The number of carbonyl (C=O) groups is 1. The highest BCUT2D eigenvalue weighted by atomic mass is 31.0. The van der Waals surface area contributed by atoms with Gasteiger partial charge in [0.1, 0.15) is 11.2 Å². The molecule has 0 radical (unpaired) electrons. The first-order valence-electron chi connectivity index (χ1n) is 7.55. The number of methoxy groups -OCH3 is 1. The van der Waals surface area contributed by atoms with E-state index in [-0.39, 0.29) is 30.5 Å². The van der Waals surface area contributed by atoms with Crippen molar-refractivity contribution in [2.24, 2.45) is 11.8 Å². The zero-order valence-electron chi connectivity index (χ0n) is 13.8. The maximum atomic E-state index is 13.8. The van der Waals surface area contributed by atoms with E-state index in [2.05, 4.69) is 9.24 Å². The van der Waals surface area contributed by atoms with Crippen LogP contribution < -0.4 is 0 Å². The van der Waals surface area contributed by atoms with Crippen molar-refractivity contribution < 1.29 is 18.3 Å². The summed E-state index contributed by atoms with van der Waals surface area (Å²) < 4.78 is 32.2. The second kappa shape index (κ2) is 9.50. The van der Waals surface area contributed by atoms with Crippen molar-refractivity contribution in [3.63, 3.8) is 0 Å². The molecule has 21 heavy (non-hydrogen) atoms. The maximum Gasteiger partial charge on any atom is 0.162 e. The second-order valence-corrected chi connectivity index (χ2v) is 7.07. The van der Waals surface area contributed by atoms with Crippen LogP contribution in [0.25, 0.3) is 0 Å². The minimum absolute atomic E-state index is 0.137. The molecule has 0 fully saturated rings. The predicted molar refractivity (Wildman–Crippen MR) is 86.7 cm³/mol. The summed E-state index contributed by atoms with van der Waals surface area (Å²) in [4.78, 5) is 12.2. The Hall–Kier alpha value is -0.500. The summed E-state index contributed by atoms with van der Waals surface area (Å²) >= 11 is 0. The van der Waals surface area contributed by atoms with Crippen molar-refractivity contribution in [2.75, 3.05) is 7.11 Å². The number of carbonyl (C=O) groups excluding carboxylic acids is 1. The second-order valence-electron chi connectivity index (χ2n) is 5.86. The number of alkyl halides is 2. The molecule has 0 aliphatic carbocycles. The number of ketones is 1. The Morgan fingerprint density at radius 3 is 2.19 bits per heavy atom. The van der Waals surface area contributed by atoms with Crippen molar-refractivity contribution in [2.45, 2.75) is 65.0 Å². The minimum atomic E-state index is -1.40. The smallest absolute Gasteiger partial charge is 0.162 e. The third kappa shape index (κ3) is 8.50. The Morgan fingerprint density at radius 2 is 1.86 bits per heavy atom. The summed E-state index contributed by atoms with van der Waals surface area (Å²) in [6, 6.07) is 0. The first kappa shape index (κ1) is 20.5. The third-order valence-corrected chi connectivity index (χ3v) is 3.80. The predicted octanol–water partition coefficient (Wildman–Crippen LogP) is 4.84. The van der Waals surface area contributed by atoms with E-state index < -0.39 is 11.6 Å². The molecule has 0 aromatic carbocycles. The van der Waals surface area contributed by atoms with Gasteiger partial charge in [0.25, 0.3) is 0 Å². The summed E-state index contributed by atoms with van der Waals surface area (Å²) in [5.74, 6) is -0.160. The Labute approximate surface area is 129 Å². The van der Waals surface area contributed by atoms with Crippen molar-refractivity contribution in [3.05, 3.63) is 11.8 Å². The lowest BCUT2D eigenvalue weighted by molar-refractivity contribution is -0.119. The fraction of sp³-hybridized carbons (Fsp3) is 0.812. The number of hydrogen-bond acceptors (Lipinski definition) is 2. The lowest BCUT2D eigenvalue weighted by Gasteiger charge is -2.24. The van der Waals surface area contributed by atoms with Gasteiger partial charge in [0.05, 0.1) is 13.3 Å². The molecule has 0 aliphatic rings. The lowest BCUT2D eigenvalue weighted by Crippen LogP contribution is -2.20. The molecule has 124 valence electrons. The molecule has 5 atom stereocenters. The molecule has 0 N–H and O–H groups in total. The fourth-order valence-corrected chi connectivity index (χ4v) is 2.69. The van der Waals surface area contributed by atoms with Crippen LogP contribution in [0.1, 0.15) is 53.4 Å². The normalized spacial score (nSPS) is 19.5. The molecule has 5 unspecified atom stereocenters. The lowest BCUT2D eigenvalue weighted by atomic mass is 9.91. The third-order valence-electron chi connectivity index (χ3n) is 3.57. The summed E-state index contributed by atoms with van der Waals surface area (Å²) in [6.07, 6.45) is 2.16. The number of ether oxygens (including phenoxy) is 1. The van der Waals surface area contributed by atoms with Gasteiger partial charge in [-0.3, -0.25) is 4.79 Å². The van der Waals surface area contributed by atoms with Gasteiger partial charge in [0, 0.05) is 17.9 Å². The van der Waals surface area contributed by atoms with Gasteiger partial charge in [-0.25, -0.2) is 8.78 Å². The van der Waals surface area contributed by atoms with Crippen LogP contribution >= 0.6 is 9.24 Å². The summed E-state index contributed by atoms with van der Waals surface area (Å²) in [7, 11) is 3.65. The molecule has 0 aromatic rings. The van der Waals surface area contributed by atoms with Crippen LogP contribution in [0, 0.1) is 11.8 Å². The van der Waals surface area contributed by atoms with Gasteiger partial charge in [-0.15, -0.1) is 0 Å². The van der Waals surface area contributed by atoms with E-state index in [1.54, 1.807) is 0 Å². The monoisotopic (exact) mass is 322 g/mol. The number of halogens is 2. The van der Waals surface area contributed by atoms with Gasteiger partial charge in [-0.1, -0.05) is 23.1 Å². The highest BCUT2D eigenvalue weighted by molar-refractivity contribution is 7.18. The molecule has 0 rings (SSSR count). The molecule has 0 bridgehead atoms. The standard InChI is InChI=1S/C16H29F2O2P/c1-6-12(8-11(3)17)14(19)9-15(20-5)13(7-2)10-16(4,18)21/h9,11-13H,6-8,10,21H2,1-5H3/b15-9-. The van der Waals surface area contributed by atoms with E-state index in [0.717, 1.165) is 0 Å². The van der Waals surface area contributed by atoms with Gasteiger partial charge >= 0.3 is 0 Å². The Kier molecular flexibility index (Phi) is 9.28. The van der Waals surface area contributed by atoms with Crippen LogP contribution in [0.3, 0.4) is 0 Å². The molecule has 0 saturated carbocycles. The van der Waals surface area contributed by atoms with Crippen LogP contribution in [-0.4, -0.2) is 24.5 Å². The van der Waals surface area contributed by atoms with Gasteiger partial charge < -0.3 is 4.74 Å². The molecule has 0 spiro atoms. The van der Waals surface area contributed by atoms with Crippen LogP contribution in [0.4, 0.5) is 8.78 Å². The zero-order chi connectivity index (χ0) is 16.6. The van der Waals surface area contributed by atoms with E-state index in [9.17, 15) is 13.6 Å². The Balaban J connectivity index is 5.08. The zero-order valence-corrected chi connectivity index (χ0v) is 14.9. The molecule has 0 saturated heterocycles. The highest BCUT2D eigenvalue weighted by Gasteiger charge is 2.26. The number of allylic oxidation sites excluding steroid dienone is 2. The number of hydrogen-bond donors (Lipinski definition) is 0. The van der Waals surface area contributed by atoms with Crippen LogP contribution in [0.2, 0.25) is 0 Å². The molecule has 0 aromatic heterocycles. The number of rotatable bonds is 10. The highest BCUT2D eigenvalue weighted by Crippen LogP contribution is 2.33. The fourth-order valence-electron chi connectivity index (χ4n) is 2.41. The summed E-state index contributed by atoms with van der Waals surface area (Å²) in [6.45, 7) is 6.73. The van der Waals surface area contributed by atoms with Crippen LogP contribution in [-0.2, 0) is 9.53 Å². The topological polar surface area (TPSA) is 26.3 Å². The summed E-state index contributed by atoms with van der Waals surface area (Å²) in [5, 5.41) is -1.40. The quantitative estimate of drug-likeness (QED) is 0.327. The van der Waals surface area contributed by atoms with Crippen molar-refractivity contribution in [3.8, 4) is 0 Å². The van der Waals surface area contributed by atoms with E-state index in [1.165, 1.54) is 27.0 Å². The Bertz CT molecular complexity index is 349. The van der Waals surface area contributed by atoms with Crippen molar-refractivity contribution in [1.29, 1.82) is 0 Å². The van der Waals surface area contributed by atoms with E-state index in [4.69, 9.17) is 4.74 Å².